The van der Waals surface area contributed by atoms with Gasteiger partial charge in [-0.25, -0.2) is 4.39 Å². The maximum Gasteiger partial charge on any atom is 0.123 e. The molecule has 2 nitrogen and oxygen atoms in total. The van der Waals surface area contributed by atoms with Crippen LogP contribution in [0.2, 0.25) is 0 Å². The Labute approximate surface area is 128 Å². The molecule has 118 valence electrons. The second-order valence-electron chi connectivity index (χ2n) is 7.16. The van der Waals surface area contributed by atoms with E-state index in [1.54, 1.807) is 13.2 Å². The van der Waals surface area contributed by atoms with Gasteiger partial charge in [-0.3, -0.25) is 0 Å². The van der Waals surface area contributed by atoms with Crippen LogP contribution in [-0.2, 0) is 4.74 Å². The van der Waals surface area contributed by atoms with E-state index in [2.05, 4.69) is 19.2 Å². The molecular weight excluding hydrogens is 265 g/mol. The fourth-order valence-electron chi connectivity index (χ4n) is 3.58. The van der Waals surface area contributed by atoms with Gasteiger partial charge < -0.3 is 10.1 Å². The molecular formula is C18H28FNO. The minimum Gasteiger partial charge on any atom is -0.376 e. The number of halogens is 1. The van der Waals surface area contributed by atoms with Crippen molar-refractivity contribution in [3.63, 3.8) is 0 Å². The lowest BCUT2D eigenvalue weighted by molar-refractivity contribution is -0.0863. The van der Waals surface area contributed by atoms with Gasteiger partial charge in [0.25, 0.3) is 0 Å². The first kappa shape index (κ1) is 16.4. The van der Waals surface area contributed by atoms with Crippen LogP contribution in [0, 0.1) is 18.2 Å². The summed E-state index contributed by atoms with van der Waals surface area (Å²) in [6.07, 6.45) is 4.26. The number of rotatable bonds is 4. The number of methoxy groups -OCH3 is 1. The van der Waals surface area contributed by atoms with E-state index in [4.69, 9.17) is 4.74 Å². The minimum atomic E-state index is -0.247. The molecule has 1 aromatic carbocycles. The minimum absolute atomic E-state index is 0.0225. The van der Waals surface area contributed by atoms with Crippen LogP contribution in [-0.4, -0.2) is 19.8 Å². The molecule has 2 rings (SSSR count). The standard InChI is InChI=1S/C18H28FNO/c1-13-6-7-14(19)12-15(13)16(20-4)18(21-5)10-8-17(2,3)9-11-18/h6-7,12,16,20H,8-11H2,1-5H3. The first-order chi connectivity index (χ1) is 9.83. The van der Waals surface area contributed by atoms with Gasteiger partial charge in [0.2, 0.25) is 0 Å². The summed E-state index contributed by atoms with van der Waals surface area (Å²) in [6, 6.07) is 5.05. The molecule has 0 bridgehead atoms. The number of hydrogen-bond acceptors (Lipinski definition) is 2. The molecule has 1 fully saturated rings. The summed E-state index contributed by atoms with van der Waals surface area (Å²) in [5.41, 5.74) is 2.25. The zero-order chi connectivity index (χ0) is 15.7. The molecule has 1 atom stereocenters. The van der Waals surface area contributed by atoms with Crippen molar-refractivity contribution < 1.29 is 9.13 Å². The van der Waals surface area contributed by atoms with Crippen molar-refractivity contribution in [2.24, 2.45) is 5.41 Å². The van der Waals surface area contributed by atoms with E-state index in [-0.39, 0.29) is 17.5 Å². The van der Waals surface area contributed by atoms with Crippen molar-refractivity contribution in [2.75, 3.05) is 14.2 Å². The monoisotopic (exact) mass is 293 g/mol. The largest absolute Gasteiger partial charge is 0.376 e. The van der Waals surface area contributed by atoms with E-state index >= 15 is 0 Å². The van der Waals surface area contributed by atoms with Gasteiger partial charge in [0.15, 0.2) is 0 Å². The van der Waals surface area contributed by atoms with Crippen LogP contribution >= 0.6 is 0 Å². The summed E-state index contributed by atoms with van der Waals surface area (Å²) in [4.78, 5) is 0. The molecule has 1 N–H and O–H groups in total. The van der Waals surface area contributed by atoms with Crippen molar-refractivity contribution in [2.45, 2.75) is 58.1 Å². The van der Waals surface area contributed by atoms with Gasteiger partial charge in [-0.1, -0.05) is 19.9 Å². The number of hydrogen-bond donors (Lipinski definition) is 1. The highest BCUT2D eigenvalue weighted by molar-refractivity contribution is 5.32. The first-order valence-corrected chi connectivity index (χ1v) is 7.82. The molecule has 0 aromatic heterocycles. The predicted molar refractivity (Wildman–Crippen MR) is 84.9 cm³/mol. The van der Waals surface area contributed by atoms with Gasteiger partial charge in [0, 0.05) is 7.11 Å². The van der Waals surface area contributed by atoms with Crippen LogP contribution in [0.5, 0.6) is 0 Å². The summed E-state index contributed by atoms with van der Waals surface area (Å²) in [5, 5.41) is 3.38. The van der Waals surface area contributed by atoms with Gasteiger partial charge in [0.05, 0.1) is 11.6 Å². The molecule has 1 aliphatic carbocycles. The second kappa shape index (κ2) is 6.05. The quantitative estimate of drug-likeness (QED) is 0.889. The average Bonchev–Trinajstić information content (AvgIpc) is 2.45. The molecule has 21 heavy (non-hydrogen) atoms. The second-order valence-corrected chi connectivity index (χ2v) is 7.16. The molecule has 0 saturated heterocycles. The number of nitrogens with one attached hydrogen (secondary N) is 1. The summed E-state index contributed by atoms with van der Waals surface area (Å²) in [7, 11) is 3.73. The maximum atomic E-state index is 13.7. The lowest BCUT2D eigenvalue weighted by atomic mass is 9.67. The fourth-order valence-corrected chi connectivity index (χ4v) is 3.58. The number of likely N-dealkylation sites (N-methyl/N-ethyl adjacent to an activating group) is 1. The van der Waals surface area contributed by atoms with E-state index in [0.29, 0.717) is 5.41 Å². The molecule has 0 radical (unpaired) electrons. The first-order valence-electron chi connectivity index (χ1n) is 7.82. The highest BCUT2D eigenvalue weighted by atomic mass is 19.1. The normalized spacial score (nSPS) is 22.0. The predicted octanol–water partition coefficient (Wildman–Crippen LogP) is 4.38. The molecule has 0 aliphatic heterocycles. The molecule has 1 aromatic rings. The summed E-state index contributed by atoms with van der Waals surface area (Å²) < 4.78 is 19.7. The number of aryl methyl sites for hydroxylation is 1. The lowest BCUT2D eigenvalue weighted by Gasteiger charge is -2.47. The van der Waals surface area contributed by atoms with E-state index in [1.165, 1.54) is 6.07 Å². The summed E-state index contributed by atoms with van der Waals surface area (Å²) in [6.45, 7) is 6.66. The highest BCUT2D eigenvalue weighted by Crippen LogP contribution is 2.47. The van der Waals surface area contributed by atoms with Gasteiger partial charge >= 0.3 is 0 Å². The van der Waals surface area contributed by atoms with E-state index in [0.717, 1.165) is 36.8 Å². The van der Waals surface area contributed by atoms with Crippen LogP contribution in [0.1, 0.15) is 56.7 Å². The van der Waals surface area contributed by atoms with Crippen molar-refractivity contribution in [3.8, 4) is 0 Å². The van der Waals surface area contributed by atoms with Crippen LogP contribution in [0.3, 0.4) is 0 Å². The van der Waals surface area contributed by atoms with Crippen molar-refractivity contribution in [1.29, 1.82) is 0 Å². The third kappa shape index (κ3) is 3.29. The SMILES string of the molecule is CNC(c1cc(F)ccc1C)C1(OC)CCC(C)(C)CC1. The molecule has 3 heteroatoms. The van der Waals surface area contributed by atoms with Crippen molar-refractivity contribution in [1.82, 2.24) is 5.32 Å². The Morgan fingerprint density at radius 3 is 2.33 bits per heavy atom. The van der Waals surface area contributed by atoms with Crippen LogP contribution < -0.4 is 5.32 Å². The molecule has 0 spiro atoms. The van der Waals surface area contributed by atoms with Gasteiger partial charge in [0.1, 0.15) is 5.82 Å². The van der Waals surface area contributed by atoms with Crippen molar-refractivity contribution in [3.05, 3.63) is 35.1 Å². The number of benzene rings is 1. The fraction of sp³-hybridized carbons (Fsp3) is 0.667. The number of ether oxygens (including phenoxy) is 1. The summed E-state index contributed by atoms with van der Waals surface area (Å²) >= 11 is 0. The van der Waals surface area contributed by atoms with Gasteiger partial charge in [-0.05, 0) is 68.3 Å². The Morgan fingerprint density at radius 1 is 1.19 bits per heavy atom. The Hall–Kier alpha value is -0.930. The smallest absolute Gasteiger partial charge is 0.123 e. The molecule has 1 aliphatic rings. The Balaban J connectivity index is 2.36. The van der Waals surface area contributed by atoms with Crippen LogP contribution in [0.25, 0.3) is 0 Å². The topological polar surface area (TPSA) is 21.3 Å². The van der Waals surface area contributed by atoms with Crippen LogP contribution in [0.15, 0.2) is 18.2 Å². The zero-order valence-corrected chi connectivity index (χ0v) is 13.9. The maximum absolute atomic E-state index is 13.7. The van der Waals surface area contributed by atoms with Crippen molar-refractivity contribution >= 4 is 0 Å². The van der Waals surface area contributed by atoms with Crippen LogP contribution in [0.4, 0.5) is 4.39 Å². The third-order valence-corrected chi connectivity index (χ3v) is 5.22. The molecule has 1 saturated carbocycles. The molecule has 1 unspecified atom stereocenters. The highest BCUT2D eigenvalue weighted by Gasteiger charge is 2.44. The Morgan fingerprint density at radius 2 is 1.81 bits per heavy atom. The van der Waals surface area contributed by atoms with Gasteiger partial charge in [-0.2, -0.15) is 0 Å². The lowest BCUT2D eigenvalue weighted by Crippen LogP contribution is -2.48. The summed E-state index contributed by atoms with van der Waals surface area (Å²) in [5.74, 6) is -0.182. The zero-order valence-electron chi connectivity index (χ0n) is 13.9. The average molecular weight is 293 g/mol. The Bertz CT molecular complexity index is 488. The van der Waals surface area contributed by atoms with E-state index in [9.17, 15) is 4.39 Å². The van der Waals surface area contributed by atoms with Gasteiger partial charge in [-0.15, -0.1) is 0 Å². The molecule has 0 heterocycles. The van der Waals surface area contributed by atoms with E-state index < -0.39 is 0 Å². The van der Waals surface area contributed by atoms with E-state index in [1.807, 2.05) is 20.0 Å². The Kier molecular flexibility index (Phi) is 4.74. The molecule has 0 amide bonds. The third-order valence-electron chi connectivity index (χ3n) is 5.22.